The maximum Gasteiger partial charge on any atom is 0.308 e. The first kappa shape index (κ1) is 14.9. The normalized spacial score (nSPS) is 12.4. The molecule has 0 saturated heterocycles. The highest BCUT2D eigenvalue weighted by molar-refractivity contribution is 7.09. The molecule has 0 saturated carbocycles. The first-order chi connectivity index (χ1) is 8.45. The summed E-state index contributed by atoms with van der Waals surface area (Å²) in [5.74, 6) is -0.193. The molecule has 1 aromatic heterocycles. The molecule has 0 radical (unpaired) electrons. The molecule has 5 nitrogen and oxygen atoms in total. The second-order valence-corrected chi connectivity index (χ2v) is 5.46. The van der Waals surface area contributed by atoms with E-state index in [1.165, 1.54) is 4.57 Å². The van der Waals surface area contributed by atoms with Gasteiger partial charge in [0.25, 0.3) is 0 Å². The van der Waals surface area contributed by atoms with E-state index >= 15 is 0 Å². The van der Waals surface area contributed by atoms with Gasteiger partial charge in [0, 0.05) is 17.1 Å². The van der Waals surface area contributed by atoms with Crippen LogP contribution in [-0.4, -0.2) is 28.2 Å². The fourth-order valence-corrected chi connectivity index (χ4v) is 2.38. The number of amides is 1. The summed E-state index contributed by atoms with van der Waals surface area (Å²) in [5.41, 5.74) is 0.841. The van der Waals surface area contributed by atoms with Crippen LogP contribution in [0, 0.1) is 13.8 Å². The molecule has 0 spiro atoms. The van der Waals surface area contributed by atoms with Gasteiger partial charge in [-0.3, -0.25) is 14.2 Å². The highest BCUT2D eigenvalue weighted by Gasteiger charge is 2.11. The Morgan fingerprint density at radius 1 is 1.50 bits per heavy atom. The summed E-state index contributed by atoms with van der Waals surface area (Å²) in [6.07, 6.45) is 0.842. The molecule has 1 atom stereocenters. The van der Waals surface area contributed by atoms with Crippen molar-refractivity contribution in [2.24, 2.45) is 0 Å². The summed E-state index contributed by atoms with van der Waals surface area (Å²) in [4.78, 5) is 24.1. The summed E-state index contributed by atoms with van der Waals surface area (Å²) < 4.78 is 1.48. The van der Waals surface area contributed by atoms with Gasteiger partial charge in [-0.2, -0.15) is 0 Å². The lowest BCUT2D eigenvalue weighted by Crippen LogP contribution is -2.32. The lowest BCUT2D eigenvalue weighted by molar-refractivity contribution is -0.121. The maximum atomic E-state index is 11.6. The number of aromatic nitrogens is 1. The van der Waals surface area contributed by atoms with Crippen molar-refractivity contribution >= 4 is 17.2 Å². The van der Waals surface area contributed by atoms with Gasteiger partial charge in [0.1, 0.15) is 6.54 Å². The Labute approximate surface area is 110 Å². The van der Waals surface area contributed by atoms with Crippen LogP contribution in [0.15, 0.2) is 4.79 Å². The summed E-state index contributed by atoms with van der Waals surface area (Å²) >= 11 is 1.16. The topological polar surface area (TPSA) is 71.3 Å². The first-order valence-corrected chi connectivity index (χ1v) is 6.89. The van der Waals surface area contributed by atoms with Gasteiger partial charge < -0.3 is 10.4 Å². The quantitative estimate of drug-likeness (QED) is 0.805. The number of nitrogens with zero attached hydrogens (tertiary/aromatic N) is 1. The molecule has 0 bridgehead atoms. The van der Waals surface area contributed by atoms with E-state index in [-0.39, 0.29) is 23.4 Å². The van der Waals surface area contributed by atoms with Gasteiger partial charge in [-0.1, -0.05) is 18.3 Å². The van der Waals surface area contributed by atoms with E-state index in [2.05, 4.69) is 5.32 Å². The molecule has 0 aliphatic carbocycles. The molecule has 18 heavy (non-hydrogen) atoms. The zero-order chi connectivity index (χ0) is 13.7. The average molecular weight is 272 g/mol. The van der Waals surface area contributed by atoms with Gasteiger partial charge in [0.2, 0.25) is 5.91 Å². The van der Waals surface area contributed by atoms with Crippen molar-refractivity contribution in [3.8, 4) is 0 Å². The Bertz CT molecular complexity index is 464. The number of carbonyl (C=O) groups excluding carboxylic acids is 1. The summed E-state index contributed by atoms with van der Waals surface area (Å²) in [6.45, 7) is 6.08. The van der Waals surface area contributed by atoms with E-state index in [1.54, 1.807) is 0 Å². The van der Waals surface area contributed by atoms with Crippen molar-refractivity contribution < 1.29 is 9.90 Å². The number of carbonyl (C=O) groups is 1. The van der Waals surface area contributed by atoms with Crippen molar-refractivity contribution in [1.82, 2.24) is 9.88 Å². The Morgan fingerprint density at radius 3 is 2.67 bits per heavy atom. The molecule has 0 fully saturated rings. The number of aliphatic hydroxyl groups is 1. The van der Waals surface area contributed by atoms with E-state index in [1.807, 2.05) is 20.8 Å². The number of nitrogens with one attached hydrogen (secondary N) is 1. The van der Waals surface area contributed by atoms with E-state index in [4.69, 9.17) is 0 Å². The number of hydrogen-bond donors (Lipinski definition) is 2. The third-order valence-corrected chi connectivity index (χ3v) is 3.94. The molecule has 0 aromatic carbocycles. The lowest BCUT2D eigenvalue weighted by atomic mass is 10.2. The molecule has 0 aliphatic rings. The molecular formula is C12H20N2O3S. The molecule has 1 rings (SSSR count). The third-order valence-electron chi connectivity index (χ3n) is 2.95. The molecular weight excluding hydrogens is 252 g/mol. The van der Waals surface area contributed by atoms with E-state index in [9.17, 15) is 14.7 Å². The third kappa shape index (κ3) is 3.96. The van der Waals surface area contributed by atoms with Crippen LogP contribution in [0.2, 0.25) is 0 Å². The van der Waals surface area contributed by atoms with Crippen molar-refractivity contribution in [2.45, 2.75) is 46.3 Å². The van der Waals surface area contributed by atoms with Crippen LogP contribution in [0.25, 0.3) is 0 Å². The van der Waals surface area contributed by atoms with Crippen molar-refractivity contribution in [3.63, 3.8) is 0 Å². The minimum Gasteiger partial charge on any atom is -0.393 e. The molecule has 6 heteroatoms. The predicted molar refractivity (Wildman–Crippen MR) is 72.0 cm³/mol. The number of aliphatic hydroxyl groups excluding tert-OH is 1. The summed E-state index contributed by atoms with van der Waals surface area (Å²) in [7, 11) is 0. The van der Waals surface area contributed by atoms with E-state index in [0.29, 0.717) is 19.4 Å². The van der Waals surface area contributed by atoms with Crippen LogP contribution in [0.4, 0.5) is 0 Å². The van der Waals surface area contributed by atoms with Crippen molar-refractivity contribution in [1.29, 1.82) is 0 Å². The highest BCUT2D eigenvalue weighted by atomic mass is 32.1. The fourth-order valence-electron chi connectivity index (χ4n) is 1.55. The van der Waals surface area contributed by atoms with Crippen molar-refractivity contribution in [3.05, 3.63) is 20.2 Å². The highest BCUT2D eigenvalue weighted by Crippen LogP contribution is 2.08. The predicted octanol–water partition coefficient (Wildman–Crippen LogP) is 0.804. The maximum absolute atomic E-state index is 11.6. The van der Waals surface area contributed by atoms with Gasteiger partial charge in [-0.05, 0) is 26.7 Å². The Morgan fingerprint density at radius 2 is 2.17 bits per heavy atom. The molecule has 102 valence electrons. The van der Waals surface area contributed by atoms with Gasteiger partial charge in [0.05, 0.1) is 6.10 Å². The lowest BCUT2D eigenvalue weighted by Gasteiger charge is -2.09. The molecule has 1 aromatic rings. The zero-order valence-corrected chi connectivity index (χ0v) is 11.8. The second kappa shape index (κ2) is 6.70. The number of rotatable bonds is 6. The minimum atomic E-state index is -0.377. The number of aryl methyl sites for hydroxylation is 1. The molecule has 1 heterocycles. The molecule has 1 unspecified atom stereocenters. The molecule has 2 N–H and O–H groups in total. The second-order valence-electron chi connectivity index (χ2n) is 4.30. The first-order valence-electron chi connectivity index (χ1n) is 6.07. The fraction of sp³-hybridized carbons (Fsp3) is 0.667. The van der Waals surface area contributed by atoms with Crippen LogP contribution >= 0.6 is 11.3 Å². The smallest absolute Gasteiger partial charge is 0.308 e. The van der Waals surface area contributed by atoms with Crippen molar-refractivity contribution in [2.75, 3.05) is 6.54 Å². The monoisotopic (exact) mass is 272 g/mol. The standard InChI is InChI=1S/C12H20N2O3S/c1-4-10(15)5-6-13-11(16)7-14-8(2)9(3)18-12(14)17/h10,15H,4-7H2,1-3H3,(H,13,16). The largest absolute Gasteiger partial charge is 0.393 e. The van der Waals surface area contributed by atoms with E-state index in [0.717, 1.165) is 21.9 Å². The van der Waals surface area contributed by atoms with Gasteiger partial charge in [0.15, 0.2) is 0 Å². The Balaban J connectivity index is 2.48. The summed E-state index contributed by atoms with van der Waals surface area (Å²) in [6, 6.07) is 0. The van der Waals surface area contributed by atoms with Crippen LogP contribution < -0.4 is 10.2 Å². The van der Waals surface area contributed by atoms with E-state index < -0.39 is 0 Å². The van der Waals surface area contributed by atoms with Crippen LogP contribution in [0.1, 0.15) is 30.3 Å². The zero-order valence-electron chi connectivity index (χ0n) is 11.0. The minimum absolute atomic E-state index is 0.0528. The van der Waals surface area contributed by atoms with Crippen LogP contribution in [0.5, 0.6) is 0 Å². The van der Waals surface area contributed by atoms with Crippen LogP contribution in [-0.2, 0) is 11.3 Å². The summed E-state index contributed by atoms with van der Waals surface area (Å²) in [5, 5.41) is 12.1. The average Bonchev–Trinajstić information content (AvgIpc) is 2.56. The number of thiazole rings is 1. The van der Waals surface area contributed by atoms with Gasteiger partial charge in [-0.15, -0.1) is 0 Å². The Hall–Kier alpha value is -1.14. The molecule has 0 aliphatic heterocycles. The van der Waals surface area contributed by atoms with Crippen LogP contribution in [0.3, 0.4) is 0 Å². The van der Waals surface area contributed by atoms with Gasteiger partial charge >= 0.3 is 4.87 Å². The SMILES string of the molecule is CCC(O)CCNC(=O)Cn1c(C)c(C)sc1=O. The van der Waals surface area contributed by atoms with Gasteiger partial charge in [-0.25, -0.2) is 0 Å². The number of hydrogen-bond acceptors (Lipinski definition) is 4. The Kier molecular flexibility index (Phi) is 5.55. The molecule has 1 amide bonds.